The first kappa shape index (κ1) is 12.6. The van der Waals surface area contributed by atoms with Crippen molar-refractivity contribution in [1.82, 2.24) is 5.32 Å². The maximum absolute atomic E-state index is 13.1. The van der Waals surface area contributed by atoms with Crippen LogP contribution in [0.1, 0.15) is 15.9 Å². The Morgan fingerprint density at radius 3 is 2.44 bits per heavy atom. The van der Waals surface area contributed by atoms with E-state index in [1.54, 1.807) is 0 Å². The Labute approximate surface area is 89.3 Å². The van der Waals surface area contributed by atoms with Crippen LogP contribution in [0.3, 0.4) is 0 Å². The van der Waals surface area contributed by atoms with Gasteiger partial charge in [0.2, 0.25) is 0 Å². The zero-order valence-electron chi connectivity index (χ0n) is 8.36. The number of hydrogen-bond acceptors (Lipinski definition) is 2. The molecular weight excluding hydrogens is 226 g/mol. The van der Waals surface area contributed by atoms with E-state index in [4.69, 9.17) is 0 Å². The third-order valence-corrected chi connectivity index (χ3v) is 1.93. The van der Waals surface area contributed by atoms with Gasteiger partial charge in [-0.05, 0) is 19.2 Å². The fourth-order valence-electron chi connectivity index (χ4n) is 1.18. The van der Waals surface area contributed by atoms with E-state index in [1.807, 2.05) is 0 Å². The Hall–Kier alpha value is -1.43. The lowest BCUT2D eigenvalue weighted by molar-refractivity contribution is -0.140. The van der Waals surface area contributed by atoms with Gasteiger partial charge in [0.1, 0.15) is 5.82 Å². The van der Waals surface area contributed by atoms with E-state index < -0.39 is 23.3 Å². The van der Waals surface area contributed by atoms with E-state index in [0.29, 0.717) is 12.1 Å². The Kier molecular flexibility index (Phi) is 3.64. The number of Topliss-reactive ketones (excluding diaryl/α,β-unsaturated/α-hetero) is 1. The van der Waals surface area contributed by atoms with Gasteiger partial charge in [-0.3, -0.25) is 4.79 Å². The molecule has 0 aromatic heterocycles. The topological polar surface area (TPSA) is 29.1 Å². The summed E-state index contributed by atoms with van der Waals surface area (Å²) < 4.78 is 49.6. The SMILES string of the molecule is CNCC(=O)c1ccc(C(F)(F)F)c(F)c1. The van der Waals surface area contributed by atoms with Crippen molar-refractivity contribution in [2.24, 2.45) is 0 Å². The molecule has 0 amide bonds. The zero-order valence-corrected chi connectivity index (χ0v) is 8.36. The molecule has 16 heavy (non-hydrogen) atoms. The van der Waals surface area contributed by atoms with Gasteiger partial charge in [0.15, 0.2) is 5.78 Å². The van der Waals surface area contributed by atoms with Crippen molar-refractivity contribution in [1.29, 1.82) is 0 Å². The highest BCUT2D eigenvalue weighted by molar-refractivity contribution is 5.97. The van der Waals surface area contributed by atoms with E-state index in [1.165, 1.54) is 7.05 Å². The fourth-order valence-corrected chi connectivity index (χ4v) is 1.18. The quantitative estimate of drug-likeness (QED) is 0.643. The summed E-state index contributed by atoms with van der Waals surface area (Å²) in [7, 11) is 1.51. The Morgan fingerprint density at radius 1 is 1.38 bits per heavy atom. The molecule has 0 aliphatic rings. The standard InChI is InChI=1S/C10H9F4NO/c1-15-5-9(16)6-2-3-7(8(11)4-6)10(12,13)14/h2-4,15H,5H2,1H3. The first-order valence-electron chi connectivity index (χ1n) is 4.41. The summed E-state index contributed by atoms with van der Waals surface area (Å²) >= 11 is 0. The molecule has 1 aromatic rings. The molecule has 0 radical (unpaired) electrons. The van der Waals surface area contributed by atoms with Crippen LogP contribution in [0.4, 0.5) is 17.6 Å². The molecule has 2 nitrogen and oxygen atoms in total. The summed E-state index contributed by atoms with van der Waals surface area (Å²) in [6.07, 6.45) is -4.74. The molecule has 0 spiro atoms. The number of hydrogen-bond donors (Lipinski definition) is 1. The second kappa shape index (κ2) is 4.61. The average molecular weight is 235 g/mol. The van der Waals surface area contributed by atoms with Crippen LogP contribution in [-0.4, -0.2) is 19.4 Å². The Bertz CT molecular complexity index is 400. The summed E-state index contributed by atoms with van der Waals surface area (Å²) in [5.74, 6) is -1.90. The Balaban J connectivity index is 3.05. The smallest absolute Gasteiger partial charge is 0.313 e. The van der Waals surface area contributed by atoms with Crippen LogP contribution in [0.5, 0.6) is 0 Å². The van der Waals surface area contributed by atoms with Gasteiger partial charge in [0.25, 0.3) is 0 Å². The lowest BCUT2D eigenvalue weighted by atomic mass is 10.1. The number of halogens is 4. The summed E-state index contributed by atoms with van der Waals surface area (Å²) in [5, 5.41) is 2.54. The molecule has 88 valence electrons. The molecule has 0 saturated heterocycles. The highest BCUT2D eigenvalue weighted by Gasteiger charge is 2.34. The van der Waals surface area contributed by atoms with E-state index in [9.17, 15) is 22.4 Å². The number of carbonyl (C=O) groups excluding carboxylic acids is 1. The lowest BCUT2D eigenvalue weighted by Gasteiger charge is -2.08. The predicted molar refractivity (Wildman–Crippen MR) is 49.7 cm³/mol. The van der Waals surface area contributed by atoms with Gasteiger partial charge < -0.3 is 5.32 Å². The normalized spacial score (nSPS) is 11.6. The molecule has 1 rings (SSSR count). The maximum Gasteiger partial charge on any atom is 0.419 e. The number of benzene rings is 1. The van der Waals surface area contributed by atoms with Crippen molar-refractivity contribution in [3.05, 3.63) is 35.1 Å². The largest absolute Gasteiger partial charge is 0.419 e. The van der Waals surface area contributed by atoms with Gasteiger partial charge in [-0.2, -0.15) is 13.2 Å². The average Bonchev–Trinajstić information content (AvgIpc) is 2.16. The van der Waals surface area contributed by atoms with Crippen LogP contribution in [0, 0.1) is 5.82 Å². The molecule has 0 fully saturated rings. The highest BCUT2D eigenvalue weighted by atomic mass is 19.4. The van der Waals surface area contributed by atoms with Gasteiger partial charge in [-0.25, -0.2) is 4.39 Å². The summed E-state index contributed by atoms with van der Waals surface area (Å²) in [5.41, 5.74) is -1.45. The molecule has 0 bridgehead atoms. The molecule has 1 aromatic carbocycles. The van der Waals surface area contributed by atoms with Crippen molar-refractivity contribution in [2.75, 3.05) is 13.6 Å². The van der Waals surface area contributed by atoms with Crippen LogP contribution in [0.15, 0.2) is 18.2 Å². The van der Waals surface area contributed by atoms with Crippen molar-refractivity contribution in [2.45, 2.75) is 6.18 Å². The number of alkyl halides is 3. The summed E-state index contributed by atoms with van der Waals surface area (Å²) in [6.45, 7) is -0.0508. The summed E-state index contributed by atoms with van der Waals surface area (Å²) in [6, 6.07) is 2.13. The Morgan fingerprint density at radius 2 is 2.00 bits per heavy atom. The van der Waals surface area contributed by atoms with E-state index in [2.05, 4.69) is 5.32 Å². The number of rotatable bonds is 3. The lowest BCUT2D eigenvalue weighted by Crippen LogP contribution is -2.19. The number of ketones is 1. The molecule has 0 aliphatic heterocycles. The minimum atomic E-state index is -4.74. The van der Waals surface area contributed by atoms with E-state index in [0.717, 1.165) is 6.07 Å². The third-order valence-electron chi connectivity index (χ3n) is 1.93. The van der Waals surface area contributed by atoms with Gasteiger partial charge in [0, 0.05) is 5.56 Å². The third kappa shape index (κ3) is 2.79. The fraction of sp³-hybridized carbons (Fsp3) is 0.300. The van der Waals surface area contributed by atoms with Gasteiger partial charge in [-0.15, -0.1) is 0 Å². The maximum atomic E-state index is 13.1. The molecule has 0 atom stereocenters. The minimum Gasteiger partial charge on any atom is -0.313 e. The zero-order chi connectivity index (χ0) is 12.3. The van der Waals surface area contributed by atoms with Crippen molar-refractivity contribution >= 4 is 5.78 Å². The molecule has 0 heterocycles. The van der Waals surface area contributed by atoms with Crippen molar-refractivity contribution in [3.63, 3.8) is 0 Å². The second-order valence-electron chi connectivity index (χ2n) is 3.15. The molecule has 1 N–H and O–H groups in total. The van der Waals surface area contributed by atoms with Crippen molar-refractivity contribution < 1.29 is 22.4 Å². The first-order chi connectivity index (χ1) is 7.36. The minimum absolute atomic E-state index is 0.0508. The molecule has 0 aliphatic carbocycles. The highest BCUT2D eigenvalue weighted by Crippen LogP contribution is 2.31. The molecular formula is C10H9F4NO. The van der Waals surface area contributed by atoms with Gasteiger partial charge in [0.05, 0.1) is 12.1 Å². The first-order valence-corrected chi connectivity index (χ1v) is 4.41. The van der Waals surface area contributed by atoms with Crippen molar-refractivity contribution in [3.8, 4) is 0 Å². The number of carbonyl (C=O) groups is 1. The van der Waals surface area contributed by atoms with Crippen LogP contribution in [-0.2, 0) is 6.18 Å². The molecule has 0 unspecified atom stereocenters. The summed E-state index contributed by atoms with van der Waals surface area (Å²) in [4.78, 5) is 11.2. The van der Waals surface area contributed by atoms with Gasteiger partial charge >= 0.3 is 6.18 Å². The van der Waals surface area contributed by atoms with Crippen LogP contribution in [0.2, 0.25) is 0 Å². The number of likely N-dealkylation sites (N-methyl/N-ethyl adjacent to an activating group) is 1. The second-order valence-corrected chi connectivity index (χ2v) is 3.15. The predicted octanol–water partition coefficient (Wildman–Crippen LogP) is 2.25. The van der Waals surface area contributed by atoms with Crippen LogP contribution in [0.25, 0.3) is 0 Å². The molecule has 6 heteroatoms. The number of nitrogens with one attached hydrogen (secondary N) is 1. The van der Waals surface area contributed by atoms with Gasteiger partial charge in [-0.1, -0.05) is 6.07 Å². The van der Waals surface area contributed by atoms with E-state index in [-0.39, 0.29) is 12.1 Å². The molecule has 0 saturated carbocycles. The monoisotopic (exact) mass is 235 g/mol. The van der Waals surface area contributed by atoms with Crippen LogP contribution < -0.4 is 5.32 Å². The van der Waals surface area contributed by atoms with Crippen LogP contribution >= 0.6 is 0 Å². The van der Waals surface area contributed by atoms with E-state index >= 15 is 0 Å².